The van der Waals surface area contributed by atoms with Crippen molar-refractivity contribution in [3.8, 4) is 0 Å². The molecule has 2 rings (SSSR count). The molecule has 0 aromatic carbocycles. The Balaban J connectivity index is 2.04. The number of nitrogens with zero attached hydrogens (tertiary/aromatic N) is 3. The Morgan fingerprint density at radius 1 is 1.36 bits per heavy atom. The highest BCUT2D eigenvalue weighted by molar-refractivity contribution is 4.70. The van der Waals surface area contributed by atoms with Gasteiger partial charge in [-0.15, -0.1) is 0 Å². The van der Waals surface area contributed by atoms with E-state index < -0.39 is 0 Å². The number of ether oxygens (including phenoxy) is 1. The molecule has 0 saturated carbocycles. The van der Waals surface area contributed by atoms with E-state index in [1.165, 1.54) is 0 Å². The number of hydrogen-bond acceptors (Lipinski definition) is 3. The third-order valence-corrected chi connectivity index (χ3v) is 2.00. The number of aromatic nitrogens is 3. The van der Waals surface area contributed by atoms with E-state index in [2.05, 4.69) is 10.1 Å². The molecule has 2 heterocycles. The minimum atomic E-state index is 0.506. The lowest BCUT2D eigenvalue weighted by molar-refractivity contribution is 0.0661. The summed E-state index contributed by atoms with van der Waals surface area (Å²) >= 11 is 0. The molecule has 0 unspecified atom stereocenters. The van der Waals surface area contributed by atoms with Crippen molar-refractivity contribution in [2.24, 2.45) is 0 Å². The highest BCUT2D eigenvalue weighted by Gasteiger charge is 2.15. The predicted octanol–water partition coefficient (Wildman–Crippen LogP) is 0.630. The van der Waals surface area contributed by atoms with Gasteiger partial charge in [-0.05, 0) is 12.8 Å². The van der Waals surface area contributed by atoms with Gasteiger partial charge in [0.2, 0.25) is 0 Å². The van der Waals surface area contributed by atoms with Crippen molar-refractivity contribution in [3.05, 3.63) is 12.7 Å². The van der Waals surface area contributed by atoms with Crippen LogP contribution in [0.2, 0.25) is 0 Å². The van der Waals surface area contributed by atoms with E-state index in [9.17, 15) is 0 Å². The largest absolute Gasteiger partial charge is 0.381 e. The van der Waals surface area contributed by atoms with E-state index in [0.29, 0.717) is 6.04 Å². The summed E-state index contributed by atoms with van der Waals surface area (Å²) in [6, 6.07) is 0.506. The SMILES string of the molecule is c1ncn(C2CCOCC2)n1. The summed E-state index contributed by atoms with van der Waals surface area (Å²) in [6.07, 6.45) is 5.47. The van der Waals surface area contributed by atoms with Gasteiger partial charge in [0.1, 0.15) is 12.7 Å². The smallest absolute Gasteiger partial charge is 0.137 e. The first kappa shape index (κ1) is 6.79. The maximum atomic E-state index is 5.24. The molecule has 0 atom stereocenters. The maximum absolute atomic E-state index is 5.24. The topological polar surface area (TPSA) is 39.9 Å². The van der Waals surface area contributed by atoms with Gasteiger partial charge in [-0.1, -0.05) is 0 Å². The van der Waals surface area contributed by atoms with Crippen LogP contribution in [-0.4, -0.2) is 28.0 Å². The second kappa shape index (κ2) is 3.00. The molecule has 11 heavy (non-hydrogen) atoms. The minimum absolute atomic E-state index is 0.506. The summed E-state index contributed by atoms with van der Waals surface area (Å²) in [5.74, 6) is 0. The molecular weight excluding hydrogens is 142 g/mol. The third-order valence-electron chi connectivity index (χ3n) is 2.00. The average Bonchev–Trinajstić information content (AvgIpc) is 2.58. The first-order chi connectivity index (χ1) is 5.47. The van der Waals surface area contributed by atoms with E-state index >= 15 is 0 Å². The highest BCUT2D eigenvalue weighted by Crippen LogP contribution is 2.18. The van der Waals surface area contributed by atoms with Gasteiger partial charge in [0.05, 0.1) is 6.04 Å². The molecular formula is C7H11N3O. The summed E-state index contributed by atoms with van der Waals surface area (Å²) in [4.78, 5) is 3.91. The molecule has 4 nitrogen and oxygen atoms in total. The molecule has 0 spiro atoms. The molecule has 1 fully saturated rings. The van der Waals surface area contributed by atoms with E-state index in [-0.39, 0.29) is 0 Å². The first-order valence-electron chi connectivity index (χ1n) is 3.88. The Bertz CT molecular complexity index is 203. The summed E-state index contributed by atoms with van der Waals surface area (Å²) in [6.45, 7) is 1.70. The Labute approximate surface area is 65.2 Å². The number of hydrogen-bond donors (Lipinski definition) is 0. The summed E-state index contributed by atoms with van der Waals surface area (Å²) < 4.78 is 7.16. The van der Waals surface area contributed by atoms with Crippen LogP contribution in [0.5, 0.6) is 0 Å². The van der Waals surface area contributed by atoms with Crippen molar-refractivity contribution in [3.63, 3.8) is 0 Å². The number of rotatable bonds is 1. The molecule has 0 bridgehead atoms. The van der Waals surface area contributed by atoms with Crippen molar-refractivity contribution in [2.45, 2.75) is 18.9 Å². The molecule has 1 aromatic rings. The van der Waals surface area contributed by atoms with Crippen LogP contribution in [0.25, 0.3) is 0 Å². The fraction of sp³-hybridized carbons (Fsp3) is 0.714. The van der Waals surface area contributed by atoms with Crippen molar-refractivity contribution in [2.75, 3.05) is 13.2 Å². The van der Waals surface area contributed by atoms with Crippen molar-refractivity contribution in [1.82, 2.24) is 14.8 Å². The second-order valence-electron chi connectivity index (χ2n) is 2.72. The first-order valence-corrected chi connectivity index (χ1v) is 3.88. The second-order valence-corrected chi connectivity index (χ2v) is 2.72. The zero-order chi connectivity index (χ0) is 7.52. The van der Waals surface area contributed by atoms with Crippen molar-refractivity contribution < 1.29 is 4.74 Å². The normalized spacial score (nSPS) is 20.4. The zero-order valence-corrected chi connectivity index (χ0v) is 6.31. The van der Waals surface area contributed by atoms with Gasteiger partial charge < -0.3 is 4.74 Å². The molecule has 1 saturated heterocycles. The van der Waals surface area contributed by atoms with Crippen LogP contribution in [0.3, 0.4) is 0 Å². The van der Waals surface area contributed by atoms with Crippen molar-refractivity contribution >= 4 is 0 Å². The van der Waals surface area contributed by atoms with Crippen molar-refractivity contribution in [1.29, 1.82) is 0 Å². The fourth-order valence-corrected chi connectivity index (χ4v) is 1.36. The van der Waals surface area contributed by atoms with E-state index in [1.807, 2.05) is 4.68 Å². The van der Waals surface area contributed by atoms with Crippen LogP contribution in [0, 0.1) is 0 Å². The lowest BCUT2D eigenvalue weighted by atomic mass is 10.1. The Morgan fingerprint density at radius 3 is 2.82 bits per heavy atom. The molecule has 0 aliphatic carbocycles. The van der Waals surface area contributed by atoms with E-state index in [1.54, 1.807) is 12.7 Å². The van der Waals surface area contributed by atoms with E-state index in [0.717, 1.165) is 26.1 Å². The van der Waals surface area contributed by atoms with Gasteiger partial charge in [-0.3, -0.25) is 0 Å². The predicted molar refractivity (Wildman–Crippen MR) is 39.1 cm³/mol. The van der Waals surface area contributed by atoms with Crippen LogP contribution in [0.1, 0.15) is 18.9 Å². The molecule has 60 valence electrons. The quantitative estimate of drug-likeness (QED) is 0.594. The zero-order valence-electron chi connectivity index (χ0n) is 6.31. The van der Waals surface area contributed by atoms with Crippen LogP contribution >= 0.6 is 0 Å². The Morgan fingerprint density at radius 2 is 2.18 bits per heavy atom. The molecule has 1 aromatic heterocycles. The molecule has 1 aliphatic heterocycles. The third kappa shape index (κ3) is 1.40. The summed E-state index contributed by atoms with van der Waals surface area (Å²) in [7, 11) is 0. The fourth-order valence-electron chi connectivity index (χ4n) is 1.36. The van der Waals surface area contributed by atoms with Crippen LogP contribution in [-0.2, 0) is 4.74 Å². The minimum Gasteiger partial charge on any atom is -0.381 e. The monoisotopic (exact) mass is 153 g/mol. The Kier molecular flexibility index (Phi) is 1.85. The van der Waals surface area contributed by atoms with Gasteiger partial charge in [0.25, 0.3) is 0 Å². The van der Waals surface area contributed by atoms with Crippen LogP contribution in [0.4, 0.5) is 0 Å². The van der Waals surface area contributed by atoms with E-state index in [4.69, 9.17) is 4.74 Å². The molecule has 1 aliphatic rings. The Hall–Kier alpha value is -0.900. The van der Waals surface area contributed by atoms with Gasteiger partial charge in [-0.25, -0.2) is 9.67 Å². The summed E-state index contributed by atoms with van der Waals surface area (Å²) in [5, 5.41) is 4.09. The lowest BCUT2D eigenvalue weighted by Crippen LogP contribution is -2.19. The highest BCUT2D eigenvalue weighted by atomic mass is 16.5. The molecule has 0 radical (unpaired) electrons. The van der Waals surface area contributed by atoms with Crippen LogP contribution < -0.4 is 0 Å². The summed E-state index contributed by atoms with van der Waals surface area (Å²) in [5.41, 5.74) is 0. The molecule has 0 N–H and O–H groups in total. The van der Waals surface area contributed by atoms with Gasteiger partial charge >= 0.3 is 0 Å². The van der Waals surface area contributed by atoms with Gasteiger partial charge in [0, 0.05) is 13.2 Å². The molecule has 4 heteroatoms. The lowest BCUT2D eigenvalue weighted by Gasteiger charge is -2.21. The molecule has 0 amide bonds. The van der Waals surface area contributed by atoms with Gasteiger partial charge in [0.15, 0.2) is 0 Å². The van der Waals surface area contributed by atoms with Gasteiger partial charge in [-0.2, -0.15) is 5.10 Å². The van der Waals surface area contributed by atoms with Crippen LogP contribution in [0.15, 0.2) is 12.7 Å². The average molecular weight is 153 g/mol. The maximum Gasteiger partial charge on any atom is 0.137 e. The standard InChI is InChI=1S/C7H11N3O/c1-3-11-4-2-7(1)10-6-8-5-9-10/h5-7H,1-4H2.